The van der Waals surface area contributed by atoms with Gasteiger partial charge in [-0.25, -0.2) is 0 Å². The van der Waals surface area contributed by atoms with Gasteiger partial charge in [-0.3, -0.25) is 4.79 Å². The normalized spacial score (nSPS) is 18.1. The second kappa shape index (κ2) is 6.91. The van der Waals surface area contributed by atoms with E-state index >= 15 is 0 Å². The highest BCUT2D eigenvalue weighted by Crippen LogP contribution is 2.45. The highest BCUT2D eigenvalue weighted by atomic mass is 19.4. The molecule has 1 aromatic carbocycles. The molecule has 1 aromatic rings. The quantitative estimate of drug-likeness (QED) is 0.840. The molecule has 1 aliphatic rings. The lowest BCUT2D eigenvalue weighted by Gasteiger charge is -2.41. The zero-order valence-electron chi connectivity index (χ0n) is 13.1. The highest BCUT2D eigenvalue weighted by Gasteiger charge is 2.46. The van der Waals surface area contributed by atoms with Crippen LogP contribution in [0.5, 0.6) is 0 Å². The predicted molar refractivity (Wildman–Crippen MR) is 80.9 cm³/mol. The van der Waals surface area contributed by atoms with E-state index in [1.807, 2.05) is 6.92 Å². The van der Waals surface area contributed by atoms with Gasteiger partial charge in [0.15, 0.2) is 0 Å². The molecule has 1 saturated carbocycles. The monoisotopic (exact) mass is 329 g/mol. The number of carbonyl (C=O) groups excluding carboxylic acids is 1. The molecule has 23 heavy (non-hydrogen) atoms. The summed E-state index contributed by atoms with van der Waals surface area (Å²) in [7, 11) is 0. The van der Waals surface area contributed by atoms with Gasteiger partial charge in [-0.05, 0) is 30.9 Å². The Morgan fingerprint density at radius 2 is 2.09 bits per heavy atom. The maximum atomic E-state index is 12.9. The number of aliphatic hydroxyl groups excluding tert-OH is 1. The Balaban J connectivity index is 2.16. The SMILES string of the molecule is CCCC(O)CNC(=O)C1(c2cccc(C(F)(F)F)c2)CCC1. The summed E-state index contributed by atoms with van der Waals surface area (Å²) in [5, 5.41) is 12.4. The van der Waals surface area contributed by atoms with Crippen LogP contribution in [0.25, 0.3) is 0 Å². The van der Waals surface area contributed by atoms with Gasteiger partial charge < -0.3 is 10.4 Å². The average molecular weight is 329 g/mol. The molecule has 0 aliphatic heterocycles. The summed E-state index contributed by atoms with van der Waals surface area (Å²) < 4.78 is 38.7. The maximum absolute atomic E-state index is 12.9. The zero-order valence-corrected chi connectivity index (χ0v) is 13.1. The highest BCUT2D eigenvalue weighted by molar-refractivity contribution is 5.89. The van der Waals surface area contributed by atoms with Crippen molar-refractivity contribution in [1.29, 1.82) is 0 Å². The number of hydrogen-bond donors (Lipinski definition) is 2. The van der Waals surface area contributed by atoms with Crippen molar-refractivity contribution in [3.8, 4) is 0 Å². The van der Waals surface area contributed by atoms with Crippen LogP contribution in [0.2, 0.25) is 0 Å². The number of nitrogens with one attached hydrogen (secondary N) is 1. The number of rotatable bonds is 6. The van der Waals surface area contributed by atoms with Crippen LogP contribution in [0.1, 0.15) is 50.2 Å². The third kappa shape index (κ3) is 3.86. The summed E-state index contributed by atoms with van der Waals surface area (Å²) >= 11 is 0. The molecule has 0 aromatic heterocycles. The molecule has 3 nitrogen and oxygen atoms in total. The molecule has 1 fully saturated rings. The van der Waals surface area contributed by atoms with E-state index in [1.165, 1.54) is 6.07 Å². The molecule has 0 saturated heterocycles. The van der Waals surface area contributed by atoms with E-state index in [1.54, 1.807) is 6.07 Å². The third-order valence-corrected chi connectivity index (χ3v) is 4.50. The summed E-state index contributed by atoms with van der Waals surface area (Å²) in [5.74, 6) is -0.293. The molecule has 1 atom stereocenters. The van der Waals surface area contributed by atoms with E-state index in [0.29, 0.717) is 24.8 Å². The molecule has 1 unspecified atom stereocenters. The van der Waals surface area contributed by atoms with Gasteiger partial charge in [-0.1, -0.05) is 38.0 Å². The van der Waals surface area contributed by atoms with Crippen LogP contribution < -0.4 is 5.32 Å². The molecular weight excluding hydrogens is 307 g/mol. The van der Waals surface area contributed by atoms with Gasteiger partial charge >= 0.3 is 6.18 Å². The Bertz CT molecular complexity index is 553. The smallest absolute Gasteiger partial charge is 0.391 e. The maximum Gasteiger partial charge on any atom is 0.416 e. The minimum Gasteiger partial charge on any atom is -0.391 e. The Hall–Kier alpha value is -1.56. The lowest BCUT2D eigenvalue weighted by molar-refractivity contribution is -0.138. The summed E-state index contributed by atoms with van der Waals surface area (Å²) in [6.07, 6.45) is -1.79. The minimum atomic E-state index is -4.42. The fourth-order valence-electron chi connectivity index (χ4n) is 2.99. The number of amides is 1. The van der Waals surface area contributed by atoms with Gasteiger partial charge in [0.1, 0.15) is 0 Å². The van der Waals surface area contributed by atoms with Gasteiger partial charge in [-0.2, -0.15) is 13.2 Å². The Kier molecular flexibility index (Phi) is 5.34. The number of benzene rings is 1. The summed E-state index contributed by atoms with van der Waals surface area (Å²) in [6.45, 7) is 2.06. The van der Waals surface area contributed by atoms with Crippen LogP contribution >= 0.6 is 0 Å². The fraction of sp³-hybridized carbons (Fsp3) is 0.588. The van der Waals surface area contributed by atoms with Gasteiger partial charge in [0, 0.05) is 6.54 Å². The third-order valence-electron chi connectivity index (χ3n) is 4.50. The number of aliphatic hydroxyl groups is 1. The van der Waals surface area contributed by atoms with Gasteiger partial charge in [-0.15, -0.1) is 0 Å². The number of carbonyl (C=O) groups is 1. The van der Waals surface area contributed by atoms with Crippen LogP contribution in [-0.4, -0.2) is 23.7 Å². The first-order valence-electron chi connectivity index (χ1n) is 7.93. The Morgan fingerprint density at radius 3 is 2.61 bits per heavy atom. The van der Waals surface area contributed by atoms with Crippen LogP contribution in [0.3, 0.4) is 0 Å². The number of halogens is 3. The molecule has 2 N–H and O–H groups in total. The van der Waals surface area contributed by atoms with E-state index in [0.717, 1.165) is 25.0 Å². The molecule has 0 spiro atoms. The van der Waals surface area contributed by atoms with Gasteiger partial charge in [0.05, 0.1) is 17.1 Å². The second-order valence-electron chi connectivity index (χ2n) is 6.17. The topological polar surface area (TPSA) is 49.3 Å². The fourth-order valence-corrected chi connectivity index (χ4v) is 2.99. The van der Waals surface area contributed by atoms with E-state index < -0.39 is 23.3 Å². The second-order valence-corrected chi connectivity index (χ2v) is 6.17. The summed E-state index contributed by atoms with van der Waals surface area (Å²) in [4.78, 5) is 12.5. The van der Waals surface area contributed by atoms with Crippen molar-refractivity contribution in [3.63, 3.8) is 0 Å². The van der Waals surface area contributed by atoms with Crippen LogP contribution in [0.15, 0.2) is 24.3 Å². The van der Waals surface area contributed by atoms with E-state index in [-0.39, 0.29) is 12.5 Å². The Labute approximate surface area is 133 Å². The first-order chi connectivity index (χ1) is 10.8. The number of hydrogen-bond acceptors (Lipinski definition) is 2. The van der Waals surface area contributed by atoms with Crippen molar-refractivity contribution in [2.24, 2.45) is 0 Å². The van der Waals surface area contributed by atoms with Crippen molar-refractivity contribution in [1.82, 2.24) is 5.32 Å². The minimum absolute atomic E-state index is 0.132. The molecule has 128 valence electrons. The first kappa shape index (κ1) is 17.8. The van der Waals surface area contributed by atoms with Crippen molar-refractivity contribution in [2.45, 2.75) is 56.7 Å². The molecule has 1 aliphatic carbocycles. The van der Waals surface area contributed by atoms with Crippen molar-refractivity contribution >= 4 is 5.91 Å². The molecular formula is C17H22F3NO2. The molecule has 0 heterocycles. The standard InChI is InChI=1S/C17H22F3NO2/c1-2-5-14(22)11-21-15(23)16(8-4-9-16)12-6-3-7-13(10-12)17(18,19)20/h3,6-7,10,14,22H,2,4-5,8-9,11H2,1H3,(H,21,23). The van der Waals surface area contributed by atoms with E-state index in [9.17, 15) is 23.1 Å². The Morgan fingerprint density at radius 1 is 1.39 bits per heavy atom. The molecule has 0 bridgehead atoms. The average Bonchev–Trinajstić information content (AvgIpc) is 2.44. The lowest BCUT2D eigenvalue weighted by atomic mass is 9.63. The summed E-state index contributed by atoms with van der Waals surface area (Å²) in [6, 6.07) is 5.01. The molecule has 0 radical (unpaired) electrons. The van der Waals surface area contributed by atoms with Crippen LogP contribution in [0, 0.1) is 0 Å². The number of alkyl halides is 3. The van der Waals surface area contributed by atoms with Crippen LogP contribution in [0.4, 0.5) is 13.2 Å². The molecule has 6 heteroatoms. The van der Waals surface area contributed by atoms with E-state index in [2.05, 4.69) is 5.32 Å². The lowest BCUT2D eigenvalue weighted by Crippen LogP contribution is -2.50. The van der Waals surface area contributed by atoms with Gasteiger partial charge in [0.25, 0.3) is 0 Å². The van der Waals surface area contributed by atoms with Crippen molar-refractivity contribution in [3.05, 3.63) is 35.4 Å². The van der Waals surface area contributed by atoms with Crippen molar-refractivity contribution < 1.29 is 23.1 Å². The largest absolute Gasteiger partial charge is 0.416 e. The zero-order chi connectivity index (χ0) is 17.1. The van der Waals surface area contributed by atoms with E-state index in [4.69, 9.17) is 0 Å². The van der Waals surface area contributed by atoms with Gasteiger partial charge in [0.2, 0.25) is 5.91 Å². The predicted octanol–water partition coefficient (Wildman–Crippen LogP) is 3.40. The van der Waals surface area contributed by atoms with Crippen molar-refractivity contribution in [2.75, 3.05) is 6.54 Å². The molecule has 2 rings (SSSR count). The molecule has 1 amide bonds. The van der Waals surface area contributed by atoms with Crippen LogP contribution in [-0.2, 0) is 16.4 Å². The summed E-state index contributed by atoms with van der Waals surface area (Å²) in [5.41, 5.74) is -1.23. The first-order valence-corrected chi connectivity index (χ1v) is 7.93.